The monoisotopic (exact) mass is 508 g/mol. The van der Waals surface area contributed by atoms with E-state index in [2.05, 4.69) is 54.1 Å². The van der Waals surface area contributed by atoms with Crippen LogP contribution in [0.15, 0.2) is 61.2 Å². The minimum atomic E-state index is -1.75. The van der Waals surface area contributed by atoms with Gasteiger partial charge in [-0.3, -0.25) is 9.78 Å². The summed E-state index contributed by atoms with van der Waals surface area (Å²) in [4.78, 5) is 18.6. The van der Waals surface area contributed by atoms with Gasteiger partial charge < -0.3 is 9.88 Å². The van der Waals surface area contributed by atoms with Crippen molar-refractivity contribution >= 4 is 35.3 Å². The first-order valence-corrected chi connectivity index (χ1v) is 12.2. The fourth-order valence-corrected chi connectivity index (χ4v) is 1.84. The van der Waals surface area contributed by atoms with Crippen LogP contribution in [0, 0.1) is 12.3 Å². The highest BCUT2D eigenvalue weighted by Crippen LogP contribution is 2.10. The lowest BCUT2D eigenvalue weighted by atomic mass is 10.1. The van der Waals surface area contributed by atoms with E-state index in [1.165, 1.54) is 18.1 Å². The zero-order valence-electron chi connectivity index (χ0n) is 22.4. The first-order valence-electron chi connectivity index (χ1n) is 10.9. The number of hydrogen-bond donors (Lipinski definition) is 1. The van der Waals surface area contributed by atoms with Gasteiger partial charge in [-0.25, -0.2) is 13.8 Å². The summed E-state index contributed by atoms with van der Waals surface area (Å²) in [6, 6.07) is 4.02. The van der Waals surface area contributed by atoms with Gasteiger partial charge in [-0.05, 0) is 62.1 Å². The molecule has 196 valence electrons. The molecule has 2 aromatic heterocycles. The van der Waals surface area contributed by atoms with Crippen molar-refractivity contribution in [1.29, 1.82) is 0 Å². The highest BCUT2D eigenvalue weighted by Gasteiger charge is 1.97. The molecule has 0 fully saturated rings. The summed E-state index contributed by atoms with van der Waals surface area (Å²) >= 11 is 1.60. The predicted octanol–water partition coefficient (Wildman–Crippen LogP) is 8.27. The molecule has 2 aromatic rings. The molecule has 0 aliphatic carbocycles. The topological polar surface area (TPSA) is 59.8 Å². The number of amides is 1. The normalized spacial score (nSPS) is 8.89. The van der Waals surface area contributed by atoms with E-state index in [-0.39, 0.29) is 5.91 Å². The third-order valence-corrected chi connectivity index (χ3v) is 3.53. The zero-order chi connectivity index (χ0) is 27.9. The van der Waals surface area contributed by atoms with Gasteiger partial charge >= 0.3 is 0 Å². The first-order chi connectivity index (χ1) is 16.8. The number of halogens is 2. The number of rotatable bonds is 5. The number of imidazole rings is 1. The highest BCUT2D eigenvalue weighted by atomic mass is 32.2. The summed E-state index contributed by atoms with van der Waals surface area (Å²) in [5.41, 5.74) is 2.54. The number of carbonyl (C=O) groups is 1. The second-order valence-corrected chi connectivity index (χ2v) is 6.45. The van der Waals surface area contributed by atoms with Gasteiger partial charge in [0.05, 0.1) is 6.20 Å². The van der Waals surface area contributed by atoms with E-state index in [0.717, 1.165) is 6.42 Å². The van der Waals surface area contributed by atoms with Crippen LogP contribution in [0.25, 0.3) is 11.8 Å². The molecule has 0 atom stereocenters. The lowest BCUT2D eigenvalue weighted by molar-refractivity contribution is -0.114. The first kappa shape index (κ1) is 39.1. The Labute approximate surface area is 215 Å². The molecule has 0 bridgehead atoms. The van der Waals surface area contributed by atoms with Gasteiger partial charge in [0.2, 0.25) is 12.8 Å². The van der Waals surface area contributed by atoms with Gasteiger partial charge in [-0.2, -0.15) is 0 Å². The van der Waals surface area contributed by atoms with E-state index in [1.54, 1.807) is 35.8 Å². The van der Waals surface area contributed by atoms with E-state index in [1.807, 2.05) is 69.2 Å². The van der Waals surface area contributed by atoms with Crippen LogP contribution in [0.3, 0.4) is 0 Å². The molecule has 0 spiro atoms. The Morgan fingerprint density at radius 3 is 2.14 bits per heavy atom. The maximum atomic E-state index is 10.7. The van der Waals surface area contributed by atoms with Gasteiger partial charge in [0.1, 0.15) is 6.33 Å². The molecular weight excluding hydrogens is 466 g/mol. The molecule has 0 saturated carbocycles. The third kappa shape index (κ3) is 30.8. The lowest BCUT2D eigenvalue weighted by Gasteiger charge is -1.96. The average Bonchev–Trinajstić information content (AvgIpc) is 3.32. The molecule has 2 rings (SSSR count). The maximum absolute atomic E-state index is 10.7. The number of nitrogens with zero attached hydrogens (tertiary/aromatic N) is 3. The molecule has 0 unspecified atom stereocenters. The number of allylic oxidation sites excluding steroid dienone is 3. The van der Waals surface area contributed by atoms with Gasteiger partial charge in [-0.1, -0.05) is 32.9 Å². The number of carbonyl (C=O) groups excluding carboxylic acids is 1. The van der Waals surface area contributed by atoms with Crippen molar-refractivity contribution < 1.29 is 13.6 Å². The summed E-state index contributed by atoms with van der Waals surface area (Å²) in [5.74, 6) is 2.71. The molecule has 35 heavy (non-hydrogen) atoms. The molecule has 0 saturated heterocycles. The summed E-state index contributed by atoms with van der Waals surface area (Å²) in [5, 5.41) is 4.52. The predicted molar refractivity (Wildman–Crippen MR) is 152 cm³/mol. The largest absolute Gasteiger partial charge is 0.310 e. The van der Waals surface area contributed by atoms with Crippen molar-refractivity contribution in [2.75, 3.05) is 18.5 Å². The van der Waals surface area contributed by atoms with E-state index in [9.17, 15) is 13.6 Å². The van der Waals surface area contributed by atoms with Gasteiger partial charge in [0.25, 0.3) is 0 Å². The van der Waals surface area contributed by atoms with Crippen molar-refractivity contribution in [3.05, 3.63) is 66.8 Å². The maximum Gasteiger partial charge on any atom is 0.229 e. The quantitative estimate of drug-likeness (QED) is 0.326. The minimum absolute atomic E-state index is 0.112. The van der Waals surface area contributed by atoms with Crippen LogP contribution in [0.1, 0.15) is 60.5 Å². The molecule has 0 radical (unpaired) electrons. The molecular formula is C27H42F2N4OS. The van der Waals surface area contributed by atoms with Crippen LogP contribution in [-0.2, 0) is 4.79 Å². The molecule has 0 aliphatic heterocycles. The second-order valence-electron chi connectivity index (χ2n) is 5.70. The summed E-state index contributed by atoms with van der Waals surface area (Å²) in [7, 11) is 0. The number of alkyl halides is 2. The Kier molecular flexibility index (Phi) is 36.8. The number of nitrogens with one attached hydrogen (secondary N) is 1. The van der Waals surface area contributed by atoms with Crippen LogP contribution in [0.4, 0.5) is 14.6 Å². The number of terminal acetylenes is 1. The third-order valence-electron chi connectivity index (χ3n) is 3.13. The number of pyridine rings is 1. The van der Waals surface area contributed by atoms with E-state index >= 15 is 0 Å². The molecule has 1 N–H and O–H groups in total. The number of hydrogen-bond acceptors (Lipinski definition) is 4. The smallest absolute Gasteiger partial charge is 0.229 e. The summed E-state index contributed by atoms with van der Waals surface area (Å²) in [6.07, 6.45) is 20.5. The second kappa shape index (κ2) is 33.0. The molecule has 0 aromatic carbocycles. The molecule has 0 aliphatic rings. The Morgan fingerprint density at radius 1 is 1.29 bits per heavy atom. The minimum Gasteiger partial charge on any atom is -0.310 e. The fourth-order valence-electron chi connectivity index (χ4n) is 1.58. The van der Waals surface area contributed by atoms with Crippen LogP contribution in [0.5, 0.6) is 0 Å². The van der Waals surface area contributed by atoms with Crippen molar-refractivity contribution in [2.24, 2.45) is 0 Å². The Morgan fingerprint density at radius 2 is 1.77 bits per heavy atom. The van der Waals surface area contributed by atoms with Gasteiger partial charge in [0.15, 0.2) is 5.82 Å². The molecule has 5 nitrogen and oxygen atoms in total. The Hall–Kier alpha value is -3.18. The van der Waals surface area contributed by atoms with Crippen LogP contribution >= 0.6 is 11.8 Å². The lowest BCUT2D eigenvalue weighted by Crippen LogP contribution is -2.05. The van der Waals surface area contributed by atoms with Crippen LogP contribution in [-0.4, -0.2) is 33.6 Å². The van der Waals surface area contributed by atoms with Crippen molar-refractivity contribution in [3.8, 4) is 12.3 Å². The van der Waals surface area contributed by atoms with E-state index < -0.39 is 6.93 Å². The molecule has 2 heterocycles. The van der Waals surface area contributed by atoms with E-state index in [4.69, 9.17) is 0 Å². The average molecular weight is 509 g/mol. The van der Waals surface area contributed by atoms with Gasteiger partial charge in [0, 0.05) is 25.5 Å². The van der Waals surface area contributed by atoms with Crippen molar-refractivity contribution in [3.63, 3.8) is 0 Å². The van der Waals surface area contributed by atoms with Crippen molar-refractivity contribution in [2.45, 2.75) is 54.9 Å². The Balaban J connectivity index is -0.000000193. The molecule has 8 heteroatoms. The Bertz CT molecular complexity index is 829. The number of aromatic nitrogens is 3. The number of anilines is 1. The van der Waals surface area contributed by atoms with Crippen molar-refractivity contribution in [1.82, 2.24) is 14.5 Å². The number of thioether (sulfide) groups is 1. The SMILES string of the molecule is C#CC.C/C=C(\C)c1ccncc1.C=CCC.CC.CS/C=C\n1cnc(NC(C)=O)c1.FCF. The van der Waals surface area contributed by atoms with E-state index in [0.29, 0.717) is 5.82 Å². The van der Waals surface area contributed by atoms with Crippen LogP contribution < -0.4 is 5.32 Å². The zero-order valence-corrected chi connectivity index (χ0v) is 23.2. The van der Waals surface area contributed by atoms with Crippen LogP contribution in [0.2, 0.25) is 0 Å². The standard InChI is InChI=1S/C9H11N.C8H11N3OS.C4H8.C3H4.C2H6.CH2F2/c1-3-8(2)9-4-6-10-7-5-9;1-7(12)10-8-5-11(6-9-8)3-4-13-2;1-3-4-2;1-3-2;1-2;2-1-3/h3-7H,1-2H3;3-6H,1-2H3,(H,10,12);3H,1,4H2,2H3;1H,2H3;1-2H3;1H2/b8-3+;4-3-;;;;. The molecule has 1 amide bonds. The fraction of sp³-hybridized carbons (Fsp3) is 0.370. The highest BCUT2D eigenvalue weighted by molar-refractivity contribution is 8.01. The summed E-state index contributed by atoms with van der Waals surface area (Å²) in [6.45, 7) is 15.0. The van der Waals surface area contributed by atoms with Gasteiger partial charge in [-0.15, -0.1) is 30.7 Å². The summed E-state index contributed by atoms with van der Waals surface area (Å²) < 4.78 is 21.0.